The normalized spacial score (nSPS) is 16.3. The van der Waals surface area contributed by atoms with E-state index >= 15 is 0 Å². The highest BCUT2D eigenvalue weighted by Gasteiger charge is 2.34. The average molecular weight is 487 g/mol. The molecule has 33 heavy (non-hydrogen) atoms. The largest absolute Gasteiger partial charge is 0.418 e. The summed E-state index contributed by atoms with van der Waals surface area (Å²) in [5.41, 5.74) is -0.869. The number of amides is 2. The first-order chi connectivity index (χ1) is 15.5. The Hall–Kier alpha value is -2.69. The third kappa shape index (κ3) is 6.66. The molecule has 1 heterocycles. The second-order valence-electron chi connectivity index (χ2n) is 7.69. The maximum absolute atomic E-state index is 13.2. The highest BCUT2D eigenvalue weighted by atomic mass is 35.5. The summed E-state index contributed by atoms with van der Waals surface area (Å²) < 4.78 is 52.5. The fourth-order valence-corrected chi connectivity index (χ4v) is 3.75. The smallest absolute Gasteiger partial charge is 0.324 e. The minimum Gasteiger partial charge on any atom is -0.324 e. The number of alkyl halides is 3. The van der Waals surface area contributed by atoms with Gasteiger partial charge < -0.3 is 10.6 Å². The van der Waals surface area contributed by atoms with Crippen molar-refractivity contribution in [2.45, 2.75) is 19.1 Å². The third-order valence-electron chi connectivity index (χ3n) is 5.40. The lowest BCUT2D eigenvalue weighted by Crippen LogP contribution is -2.53. The van der Waals surface area contributed by atoms with E-state index in [2.05, 4.69) is 10.6 Å². The van der Waals surface area contributed by atoms with Gasteiger partial charge in [-0.2, -0.15) is 13.2 Å². The SMILES string of the molecule is CC(C(=O)Nc1ccc(F)cc1Cl)N1CCN(CC(=O)Nc2ccccc2C(F)(F)F)CC1. The van der Waals surface area contributed by atoms with Gasteiger partial charge in [0.1, 0.15) is 5.82 Å². The number of piperazine rings is 1. The van der Waals surface area contributed by atoms with E-state index in [-0.39, 0.29) is 23.2 Å². The van der Waals surface area contributed by atoms with Crippen LogP contribution < -0.4 is 10.6 Å². The van der Waals surface area contributed by atoms with E-state index in [1.165, 1.54) is 30.3 Å². The Bertz CT molecular complexity index is 1010. The molecular weight excluding hydrogens is 464 g/mol. The molecule has 178 valence electrons. The number of rotatable bonds is 6. The first kappa shape index (κ1) is 24.9. The molecule has 1 aliphatic heterocycles. The lowest BCUT2D eigenvalue weighted by Gasteiger charge is -2.37. The molecule has 0 bridgehead atoms. The van der Waals surface area contributed by atoms with Gasteiger partial charge >= 0.3 is 6.18 Å². The highest BCUT2D eigenvalue weighted by Crippen LogP contribution is 2.34. The van der Waals surface area contributed by atoms with Crippen molar-refractivity contribution in [1.29, 1.82) is 0 Å². The zero-order valence-electron chi connectivity index (χ0n) is 17.8. The Morgan fingerprint density at radius 1 is 1.03 bits per heavy atom. The molecule has 2 aromatic rings. The number of hydrogen-bond acceptors (Lipinski definition) is 4. The van der Waals surface area contributed by atoms with Gasteiger partial charge in [-0.05, 0) is 37.3 Å². The fourth-order valence-electron chi connectivity index (χ4n) is 3.53. The molecule has 1 saturated heterocycles. The summed E-state index contributed by atoms with van der Waals surface area (Å²) in [6, 6.07) is 8.01. The number of hydrogen-bond donors (Lipinski definition) is 2. The minimum absolute atomic E-state index is 0.0637. The summed E-state index contributed by atoms with van der Waals surface area (Å²) in [7, 11) is 0. The van der Waals surface area contributed by atoms with Crippen molar-refractivity contribution in [2.24, 2.45) is 0 Å². The number of halogens is 5. The van der Waals surface area contributed by atoms with E-state index in [0.717, 1.165) is 12.1 Å². The van der Waals surface area contributed by atoms with Gasteiger partial charge in [0.2, 0.25) is 11.8 Å². The second kappa shape index (κ2) is 10.5. The summed E-state index contributed by atoms with van der Waals surface area (Å²) in [5, 5.41) is 5.11. The molecule has 11 heteroatoms. The molecule has 3 rings (SSSR count). The van der Waals surface area contributed by atoms with E-state index in [9.17, 15) is 27.2 Å². The Kier molecular flexibility index (Phi) is 7.93. The molecule has 0 saturated carbocycles. The molecule has 2 amide bonds. The fraction of sp³-hybridized carbons (Fsp3) is 0.364. The van der Waals surface area contributed by atoms with Crippen LogP contribution in [0.15, 0.2) is 42.5 Å². The second-order valence-corrected chi connectivity index (χ2v) is 8.10. The van der Waals surface area contributed by atoms with Gasteiger partial charge in [-0.15, -0.1) is 0 Å². The summed E-state index contributed by atoms with van der Waals surface area (Å²) >= 11 is 5.95. The van der Waals surface area contributed by atoms with Crippen molar-refractivity contribution in [3.05, 3.63) is 58.9 Å². The number of anilines is 2. The van der Waals surface area contributed by atoms with Gasteiger partial charge in [-0.3, -0.25) is 19.4 Å². The molecule has 1 unspecified atom stereocenters. The van der Waals surface area contributed by atoms with Gasteiger partial charge in [0.25, 0.3) is 0 Å². The number of para-hydroxylation sites is 1. The van der Waals surface area contributed by atoms with Crippen molar-refractivity contribution in [2.75, 3.05) is 43.4 Å². The first-order valence-electron chi connectivity index (χ1n) is 10.2. The average Bonchev–Trinajstić information content (AvgIpc) is 2.75. The molecular formula is C22H23ClF4N4O2. The van der Waals surface area contributed by atoms with Crippen molar-refractivity contribution >= 4 is 34.8 Å². The lowest BCUT2D eigenvalue weighted by molar-refractivity contribution is -0.137. The zero-order valence-corrected chi connectivity index (χ0v) is 18.5. The van der Waals surface area contributed by atoms with Gasteiger partial charge in [-0.1, -0.05) is 23.7 Å². The third-order valence-corrected chi connectivity index (χ3v) is 5.71. The van der Waals surface area contributed by atoms with E-state index in [1.54, 1.807) is 6.92 Å². The monoisotopic (exact) mass is 486 g/mol. The van der Waals surface area contributed by atoms with Crippen LogP contribution in [0, 0.1) is 5.82 Å². The van der Waals surface area contributed by atoms with Crippen LogP contribution in [0.3, 0.4) is 0 Å². The van der Waals surface area contributed by atoms with Crippen LogP contribution in [-0.2, 0) is 15.8 Å². The maximum atomic E-state index is 13.2. The Morgan fingerprint density at radius 3 is 2.33 bits per heavy atom. The van der Waals surface area contributed by atoms with Crippen LogP contribution in [0.2, 0.25) is 5.02 Å². The van der Waals surface area contributed by atoms with Crippen LogP contribution in [0.4, 0.5) is 28.9 Å². The topological polar surface area (TPSA) is 64.7 Å². The van der Waals surface area contributed by atoms with E-state index in [4.69, 9.17) is 11.6 Å². The van der Waals surface area contributed by atoms with Crippen LogP contribution >= 0.6 is 11.6 Å². The van der Waals surface area contributed by atoms with Crippen molar-refractivity contribution < 1.29 is 27.2 Å². The number of nitrogens with zero attached hydrogens (tertiary/aromatic N) is 2. The zero-order chi connectivity index (χ0) is 24.2. The highest BCUT2D eigenvalue weighted by molar-refractivity contribution is 6.33. The van der Waals surface area contributed by atoms with Gasteiger partial charge in [0.15, 0.2) is 0 Å². The minimum atomic E-state index is -4.57. The van der Waals surface area contributed by atoms with E-state index < -0.39 is 29.5 Å². The summed E-state index contributed by atoms with van der Waals surface area (Å²) in [6.45, 7) is 3.55. The maximum Gasteiger partial charge on any atom is 0.418 e. The summed E-state index contributed by atoms with van der Waals surface area (Å²) in [4.78, 5) is 28.6. The van der Waals surface area contributed by atoms with Crippen molar-refractivity contribution in [1.82, 2.24) is 9.80 Å². The Labute approximate surface area is 193 Å². The Balaban J connectivity index is 1.49. The predicted octanol–water partition coefficient (Wildman–Crippen LogP) is 4.08. The first-order valence-corrected chi connectivity index (χ1v) is 10.6. The molecule has 1 atom stereocenters. The van der Waals surface area contributed by atoms with Crippen LogP contribution in [0.25, 0.3) is 0 Å². The molecule has 0 aliphatic carbocycles. The summed E-state index contributed by atoms with van der Waals surface area (Å²) in [5.74, 6) is -1.36. The summed E-state index contributed by atoms with van der Waals surface area (Å²) in [6.07, 6.45) is -4.57. The molecule has 0 aromatic heterocycles. The van der Waals surface area contributed by atoms with Crippen LogP contribution in [0.5, 0.6) is 0 Å². The van der Waals surface area contributed by atoms with Crippen molar-refractivity contribution in [3.8, 4) is 0 Å². The number of carbonyl (C=O) groups excluding carboxylic acids is 2. The van der Waals surface area contributed by atoms with Gasteiger partial charge in [-0.25, -0.2) is 4.39 Å². The standard InChI is InChI=1S/C22H23ClF4N4O2/c1-14(21(33)29-19-7-6-15(24)12-17(19)23)31-10-8-30(9-11-31)13-20(32)28-18-5-3-2-4-16(18)22(25,26)27/h2-7,12,14H,8-11,13H2,1H3,(H,28,32)(H,29,33). The van der Waals surface area contributed by atoms with Gasteiger partial charge in [0, 0.05) is 26.2 Å². The molecule has 1 aliphatic rings. The Morgan fingerprint density at radius 2 is 1.70 bits per heavy atom. The van der Waals surface area contributed by atoms with Gasteiger partial charge in [0.05, 0.1) is 34.5 Å². The molecule has 2 aromatic carbocycles. The van der Waals surface area contributed by atoms with Crippen LogP contribution in [0.1, 0.15) is 12.5 Å². The number of nitrogens with one attached hydrogen (secondary N) is 2. The van der Waals surface area contributed by atoms with Crippen LogP contribution in [-0.4, -0.2) is 60.4 Å². The molecule has 0 radical (unpaired) electrons. The number of benzene rings is 2. The molecule has 0 spiro atoms. The lowest BCUT2D eigenvalue weighted by atomic mass is 10.1. The predicted molar refractivity (Wildman–Crippen MR) is 118 cm³/mol. The number of carbonyl (C=O) groups is 2. The van der Waals surface area contributed by atoms with E-state index in [1.807, 2.05) is 9.80 Å². The molecule has 6 nitrogen and oxygen atoms in total. The quantitative estimate of drug-likeness (QED) is 0.604. The van der Waals surface area contributed by atoms with E-state index in [0.29, 0.717) is 31.9 Å². The van der Waals surface area contributed by atoms with Crippen molar-refractivity contribution in [3.63, 3.8) is 0 Å². The molecule has 2 N–H and O–H groups in total. The molecule has 1 fully saturated rings.